The number of ether oxygens (including phenoxy) is 2. The second kappa shape index (κ2) is 12.8. The van der Waals surface area contributed by atoms with Crippen LogP contribution in [0.25, 0.3) is 11.1 Å². The highest BCUT2D eigenvalue weighted by Crippen LogP contribution is 2.30. The molecule has 0 spiro atoms. The van der Waals surface area contributed by atoms with Crippen molar-refractivity contribution in [1.29, 1.82) is 5.41 Å². The Kier molecular flexibility index (Phi) is 9.76. The number of carbonyl (C=O) groups excluding carboxylic acids is 2. The molecule has 1 amide bonds. The van der Waals surface area contributed by atoms with Gasteiger partial charge in [-0.1, -0.05) is 36.8 Å². The molecule has 36 heavy (non-hydrogen) atoms. The Balaban J connectivity index is 0.00000361. The van der Waals surface area contributed by atoms with Gasteiger partial charge in [-0.3, -0.25) is 15.0 Å². The van der Waals surface area contributed by atoms with Crippen LogP contribution in [0.2, 0.25) is 0 Å². The van der Waals surface area contributed by atoms with Crippen molar-refractivity contribution in [3.8, 4) is 16.9 Å². The van der Waals surface area contributed by atoms with Crippen molar-refractivity contribution < 1.29 is 19.1 Å². The van der Waals surface area contributed by atoms with Crippen LogP contribution in [-0.2, 0) is 9.53 Å². The number of hydrogen-bond donors (Lipinski definition) is 3. The molecule has 2 aromatic carbocycles. The van der Waals surface area contributed by atoms with E-state index in [9.17, 15) is 9.59 Å². The molecule has 0 saturated heterocycles. The molecule has 2 fully saturated rings. The molecule has 0 atom stereocenters. The third kappa shape index (κ3) is 6.78. The van der Waals surface area contributed by atoms with Crippen molar-refractivity contribution in [2.75, 3.05) is 7.11 Å². The van der Waals surface area contributed by atoms with Gasteiger partial charge in [0.25, 0.3) is 5.91 Å². The van der Waals surface area contributed by atoms with Gasteiger partial charge in [0.2, 0.25) is 0 Å². The molecule has 0 unspecified atom stereocenters. The zero-order valence-electron chi connectivity index (χ0n) is 20.8. The zero-order chi connectivity index (χ0) is 24.8. The molecule has 0 aliphatic heterocycles. The second-order valence-corrected chi connectivity index (χ2v) is 9.63. The third-order valence-corrected chi connectivity index (χ3v) is 7.20. The monoisotopic (exact) mass is 513 g/mol. The van der Waals surface area contributed by atoms with E-state index < -0.39 is 0 Å². The molecule has 0 radical (unpaired) electrons. The van der Waals surface area contributed by atoms with Crippen molar-refractivity contribution in [1.82, 2.24) is 5.32 Å². The molecule has 4 rings (SSSR count). The average Bonchev–Trinajstić information content (AvgIpc) is 2.89. The fourth-order valence-corrected chi connectivity index (χ4v) is 5.09. The number of amides is 1. The van der Waals surface area contributed by atoms with Gasteiger partial charge in [-0.2, -0.15) is 0 Å². The van der Waals surface area contributed by atoms with E-state index in [4.69, 9.17) is 20.6 Å². The summed E-state index contributed by atoms with van der Waals surface area (Å²) in [6.07, 6.45) is 8.56. The normalized spacial score (nSPS) is 20.0. The molecule has 4 N–H and O–H groups in total. The Morgan fingerprint density at radius 1 is 0.917 bits per heavy atom. The van der Waals surface area contributed by atoms with Gasteiger partial charge in [-0.15, -0.1) is 12.4 Å². The Bertz CT molecular complexity index is 1060. The minimum absolute atomic E-state index is 0. The number of esters is 1. The van der Waals surface area contributed by atoms with Crippen LogP contribution < -0.4 is 15.8 Å². The molecule has 0 bridgehead atoms. The summed E-state index contributed by atoms with van der Waals surface area (Å²) >= 11 is 0. The summed E-state index contributed by atoms with van der Waals surface area (Å²) in [5.41, 5.74) is 8.47. The molecular weight excluding hydrogens is 478 g/mol. The highest BCUT2D eigenvalue weighted by atomic mass is 35.5. The lowest BCUT2D eigenvalue weighted by atomic mass is 9.85. The lowest BCUT2D eigenvalue weighted by Gasteiger charge is -2.30. The van der Waals surface area contributed by atoms with Crippen molar-refractivity contribution >= 4 is 30.1 Å². The van der Waals surface area contributed by atoms with Crippen LogP contribution in [0.1, 0.15) is 73.7 Å². The van der Waals surface area contributed by atoms with E-state index in [-0.39, 0.29) is 48.2 Å². The summed E-state index contributed by atoms with van der Waals surface area (Å²) in [6, 6.07) is 12.9. The minimum atomic E-state index is -0.183. The Morgan fingerprint density at radius 3 is 2.17 bits per heavy atom. The van der Waals surface area contributed by atoms with E-state index in [1.54, 1.807) is 25.3 Å². The zero-order valence-corrected chi connectivity index (χ0v) is 21.6. The number of methoxy groups -OCH3 is 1. The number of carbonyl (C=O) groups is 2. The first-order valence-corrected chi connectivity index (χ1v) is 12.6. The summed E-state index contributed by atoms with van der Waals surface area (Å²) in [6.45, 7) is 0. The van der Waals surface area contributed by atoms with Crippen molar-refractivity contribution in [2.24, 2.45) is 11.7 Å². The maximum absolute atomic E-state index is 13.2. The molecule has 2 saturated carbocycles. The molecule has 2 aliphatic carbocycles. The summed E-state index contributed by atoms with van der Waals surface area (Å²) in [5.74, 6) is 0.213. The number of benzene rings is 2. The van der Waals surface area contributed by atoms with Crippen LogP contribution >= 0.6 is 12.4 Å². The van der Waals surface area contributed by atoms with Crippen molar-refractivity contribution in [2.45, 2.75) is 69.9 Å². The van der Waals surface area contributed by atoms with E-state index in [0.717, 1.165) is 62.5 Å². The highest BCUT2D eigenvalue weighted by Gasteiger charge is 2.30. The molecule has 2 aliphatic rings. The molecule has 8 heteroatoms. The Morgan fingerprint density at radius 2 is 1.56 bits per heavy atom. The molecule has 0 aromatic heterocycles. The van der Waals surface area contributed by atoms with E-state index >= 15 is 0 Å². The number of hydrogen-bond acceptors (Lipinski definition) is 5. The lowest BCUT2D eigenvalue weighted by Crippen LogP contribution is -2.39. The quantitative estimate of drug-likeness (QED) is 0.266. The number of nitrogen functional groups attached to an aromatic ring is 1. The highest BCUT2D eigenvalue weighted by molar-refractivity contribution is 5.99. The number of rotatable bonds is 7. The van der Waals surface area contributed by atoms with E-state index in [1.165, 1.54) is 6.42 Å². The smallest absolute Gasteiger partial charge is 0.309 e. The fourth-order valence-electron chi connectivity index (χ4n) is 5.09. The molecule has 7 nitrogen and oxygen atoms in total. The topological polar surface area (TPSA) is 114 Å². The summed E-state index contributed by atoms with van der Waals surface area (Å²) < 4.78 is 11.2. The Hall–Kier alpha value is -3.06. The first-order valence-electron chi connectivity index (χ1n) is 12.6. The first-order chi connectivity index (χ1) is 16.9. The van der Waals surface area contributed by atoms with Gasteiger partial charge in [0, 0.05) is 11.6 Å². The van der Waals surface area contributed by atoms with Crippen LogP contribution in [0.15, 0.2) is 42.5 Å². The van der Waals surface area contributed by atoms with Crippen molar-refractivity contribution in [3.05, 3.63) is 53.6 Å². The molecular formula is C28H36ClN3O4. The average molecular weight is 514 g/mol. The minimum Gasteiger partial charge on any atom is -0.496 e. The number of halogens is 1. The van der Waals surface area contributed by atoms with Crippen LogP contribution in [0.3, 0.4) is 0 Å². The summed E-state index contributed by atoms with van der Waals surface area (Å²) in [7, 11) is 1.55. The van der Waals surface area contributed by atoms with E-state index in [1.807, 2.05) is 24.3 Å². The van der Waals surface area contributed by atoms with Gasteiger partial charge in [-0.05, 0) is 74.6 Å². The van der Waals surface area contributed by atoms with Crippen molar-refractivity contribution in [3.63, 3.8) is 0 Å². The standard InChI is InChI=1S/C28H35N3O4.ClH/c1-34-25-16-13-21(18-7-9-19(10-8-18)26(29)30)17-24(25)27(32)31-22-14-11-20(12-15-22)28(33)35-23-5-3-2-4-6-23;/h7-10,13,16-17,20,22-23H,2-6,11-12,14-15H2,1H3,(H3,29,30)(H,31,32);1H/t20-,22-;. The molecule has 2 aromatic rings. The van der Waals surface area contributed by atoms with Crippen LogP contribution in [-0.4, -0.2) is 37.0 Å². The van der Waals surface area contributed by atoms with Gasteiger partial charge in [-0.25, -0.2) is 0 Å². The number of nitrogens with two attached hydrogens (primary N) is 1. The van der Waals surface area contributed by atoms with Crippen LogP contribution in [0.4, 0.5) is 0 Å². The van der Waals surface area contributed by atoms with Crippen LogP contribution in [0, 0.1) is 11.3 Å². The SMILES string of the molecule is COc1ccc(-c2ccc(C(=N)N)cc2)cc1C(=O)N[C@H]1CC[C@H](C(=O)OC2CCCCC2)CC1.Cl. The maximum Gasteiger partial charge on any atom is 0.309 e. The second-order valence-electron chi connectivity index (χ2n) is 9.63. The van der Waals surface area contributed by atoms with Gasteiger partial charge >= 0.3 is 5.97 Å². The molecule has 194 valence electrons. The number of amidine groups is 1. The van der Waals surface area contributed by atoms with Crippen LogP contribution in [0.5, 0.6) is 5.75 Å². The number of nitrogens with one attached hydrogen (secondary N) is 2. The predicted octanol–water partition coefficient (Wildman–Crippen LogP) is 5.23. The molecule has 0 heterocycles. The Labute approximate surface area is 219 Å². The first kappa shape index (κ1) is 27.5. The van der Waals surface area contributed by atoms with E-state index in [2.05, 4.69) is 5.32 Å². The van der Waals surface area contributed by atoms with Gasteiger partial charge < -0.3 is 20.5 Å². The fraction of sp³-hybridized carbons (Fsp3) is 0.464. The van der Waals surface area contributed by atoms with E-state index in [0.29, 0.717) is 16.9 Å². The predicted molar refractivity (Wildman–Crippen MR) is 143 cm³/mol. The maximum atomic E-state index is 13.2. The summed E-state index contributed by atoms with van der Waals surface area (Å²) in [5, 5.41) is 10.7. The summed E-state index contributed by atoms with van der Waals surface area (Å²) in [4.78, 5) is 25.8. The van der Waals surface area contributed by atoms with Gasteiger partial charge in [0.15, 0.2) is 0 Å². The lowest BCUT2D eigenvalue weighted by molar-refractivity contribution is -0.156. The van der Waals surface area contributed by atoms with Gasteiger partial charge in [0.05, 0.1) is 18.6 Å². The largest absolute Gasteiger partial charge is 0.496 e. The third-order valence-electron chi connectivity index (χ3n) is 7.20. The van der Waals surface area contributed by atoms with Gasteiger partial charge in [0.1, 0.15) is 17.7 Å².